The van der Waals surface area contributed by atoms with Gasteiger partial charge in [-0.3, -0.25) is 18.9 Å². The quantitative estimate of drug-likeness (QED) is 0.0616. The van der Waals surface area contributed by atoms with E-state index in [9.17, 15) is 9.36 Å². The summed E-state index contributed by atoms with van der Waals surface area (Å²) in [6, 6.07) is 8.42. The summed E-state index contributed by atoms with van der Waals surface area (Å²) >= 11 is 1.38. The van der Waals surface area contributed by atoms with Gasteiger partial charge < -0.3 is 14.2 Å². The zero-order valence-electron chi connectivity index (χ0n) is 34.2. The van der Waals surface area contributed by atoms with Crippen LogP contribution in [-0.2, 0) is 29.5 Å². The van der Waals surface area contributed by atoms with E-state index >= 15 is 4.39 Å². The third kappa shape index (κ3) is 13.0. The van der Waals surface area contributed by atoms with Gasteiger partial charge in [-0.25, -0.2) is 38.7 Å². The van der Waals surface area contributed by atoms with E-state index in [-0.39, 0.29) is 37.1 Å². The molecule has 3 heterocycles. The van der Waals surface area contributed by atoms with Gasteiger partial charge in [-0.15, -0.1) is 11.3 Å². The molecule has 0 radical (unpaired) electrons. The fourth-order valence-corrected chi connectivity index (χ4v) is 9.03. The zero-order valence-corrected chi connectivity index (χ0v) is 37.9. The number of anilines is 1. The molecule has 308 valence electrons. The number of carbonyl (C=O) groups excluding carboxylic acids is 1. The molecular formula is C38H52FN6O8PSSi2. The van der Waals surface area contributed by atoms with E-state index in [2.05, 4.69) is 64.5 Å². The molecule has 5 rings (SSSR count). The summed E-state index contributed by atoms with van der Waals surface area (Å²) < 4.78 is 63.4. The number of amides is 1. The molecular weight excluding hydrogens is 807 g/mol. The number of halogens is 1. The summed E-state index contributed by atoms with van der Waals surface area (Å²) in [5, 5.41) is 3.23. The smallest absolute Gasteiger partial charge is 0.475 e. The number of thiazole rings is 1. The minimum Gasteiger partial charge on any atom is -0.484 e. The van der Waals surface area contributed by atoms with Crippen LogP contribution >= 0.6 is 19.2 Å². The first-order valence-corrected chi connectivity index (χ1v) is 28.5. The van der Waals surface area contributed by atoms with Crippen molar-refractivity contribution < 1.29 is 41.5 Å². The Labute approximate surface area is 338 Å². The van der Waals surface area contributed by atoms with Crippen molar-refractivity contribution in [3.63, 3.8) is 0 Å². The normalized spacial score (nSPS) is 13.5. The number of hydrogen-bond donors (Lipinski definition) is 1. The Morgan fingerprint density at radius 3 is 2.18 bits per heavy atom. The van der Waals surface area contributed by atoms with Crippen molar-refractivity contribution in [3.05, 3.63) is 60.1 Å². The Morgan fingerprint density at radius 2 is 1.54 bits per heavy atom. The Kier molecular flexibility index (Phi) is 14.6. The Bertz CT molecular complexity index is 2200. The minimum absolute atomic E-state index is 0.00466. The Balaban J connectivity index is 1.17. The second-order valence-electron chi connectivity index (χ2n) is 16.0. The molecule has 2 atom stereocenters. The highest BCUT2D eigenvalue weighted by atomic mass is 32.1. The maximum Gasteiger partial charge on any atom is 0.475 e. The second-order valence-corrected chi connectivity index (χ2v) is 30.0. The standard InChI is InChI=1S/C38H52FN6O8PSSi2/c1-11-48-35-22-42-36-28(16-24(2)17-31(36)44-35)37-45-30-18-29(39)32(19-33(30)55-37)52-25(3)26(4)53-38(46)43-27-20-40-34(41-21-27)23-51-54(47,49-12-14-56(5,6)7)50-13-15-57(8,9)10/h16-22,25-26H,11-15,23H2,1-10H3,(H,43,46)/t25-,26+/m0/s1. The molecule has 57 heavy (non-hydrogen) atoms. The number of phosphoric ester groups is 1. The van der Waals surface area contributed by atoms with E-state index < -0.39 is 48.1 Å². The number of nitrogens with zero attached hydrogens (tertiary/aromatic N) is 5. The van der Waals surface area contributed by atoms with Gasteiger partial charge >= 0.3 is 13.9 Å². The van der Waals surface area contributed by atoms with Crippen molar-refractivity contribution in [2.45, 2.75) is 97.9 Å². The van der Waals surface area contributed by atoms with Crippen molar-refractivity contribution >= 4 is 68.3 Å². The molecule has 0 saturated heterocycles. The van der Waals surface area contributed by atoms with E-state index in [1.165, 1.54) is 29.8 Å². The lowest BCUT2D eigenvalue weighted by molar-refractivity contribution is 0.0402. The van der Waals surface area contributed by atoms with Crippen molar-refractivity contribution in [2.75, 3.05) is 25.1 Å². The average molecular weight is 859 g/mol. The van der Waals surface area contributed by atoms with Crippen LogP contribution in [0.4, 0.5) is 14.9 Å². The third-order valence-corrected chi connectivity index (χ3v) is 14.4. The number of phosphoric acid groups is 1. The largest absolute Gasteiger partial charge is 0.484 e. The highest BCUT2D eigenvalue weighted by Gasteiger charge is 2.30. The van der Waals surface area contributed by atoms with Crippen molar-refractivity contribution in [2.24, 2.45) is 0 Å². The molecule has 5 aromatic rings. The Hall–Kier alpha value is -3.91. The van der Waals surface area contributed by atoms with Crippen LogP contribution in [0.1, 0.15) is 32.2 Å². The van der Waals surface area contributed by atoms with Gasteiger partial charge in [0, 0.05) is 33.8 Å². The van der Waals surface area contributed by atoms with E-state index in [0.717, 1.165) is 23.2 Å². The van der Waals surface area contributed by atoms with Crippen molar-refractivity contribution in [1.29, 1.82) is 0 Å². The molecule has 0 aliphatic carbocycles. The van der Waals surface area contributed by atoms with Gasteiger partial charge in [0.25, 0.3) is 0 Å². The molecule has 0 aliphatic heterocycles. The predicted molar refractivity (Wildman–Crippen MR) is 226 cm³/mol. The van der Waals surface area contributed by atoms with Crippen LogP contribution in [0.25, 0.3) is 31.8 Å². The fraction of sp³-hybridized carbons (Fsp3) is 0.474. The van der Waals surface area contributed by atoms with Gasteiger partial charge in [-0.05, 0) is 57.5 Å². The lowest BCUT2D eigenvalue weighted by Gasteiger charge is -2.22. The van der Waals surface area contributed by atoms with E-state index in [1.807, 2.05) is 26.0 Å². The molecule has 1 amide bonds. The molecule has 0 bridgehead atoms. The van der Waals surface area contributed by atoms with Gasteiger partial charge in [0.2, 0.25) is 5.88 Å². The summed E-state index contributed by atoms with van der Waals surface area (Å²) in [5.41, 5.74) is 3.80. The number of nitrogens with one attached hydrogen (secondary N) is 1. The van der Waals surface area contributed by atoms with Crippen LogP contribution < -0.4 is 14.8 Å². The number of rotatable bonds is 19. The molecule has 19 heteroatoms. The molecule has 2 aromatic carbocycles. The van der Waals surface area contributed by atoms with Gasteiger partial charge in [-0.1, -0.05) is 39.3 Å². The SMILES string of the molecule is CCOc1cnc2c(-c3nc4cc(F)c(O[C@@H](C)[C@@H](C)OC(=O)Nc5cnc(COP(=O)(OCC[Si](C)(C)C)OCC[Si](C)(C)C)nc5)cc4s3)cc(C)cc2n1. The van der Waals surface area contributed by atoms with E-state index in [0.29, 0.717) is 38.7 Å². The maximum atomic E-state index is 15.3. The van der Waals surface area contributed by atoms with Crippen LogP contribution in [0.5, 0.6) is 11.6 Å². The molecule has 0 spiro atoms. The molecule has 3 aromatic heterocycles. The van der Waals surface area contributed by atoms with Crippen LogP contribution in [0.3, 0.4) is 0 Å². The number of benzene rings is 2. The fourth-order valence-electron chi connectivity index (χ4n) is 5.14. The monoisotopic (exact) mass is 858 g/mol. The van der Waals surface area contributed by atoms with Crippen LogP contribution in [0.15, 0.2) is 42.9 Å². The maximum absolute atomic E-state index is 15.3. The summed E-state index contributed by atoms with van der Waals surface area (Å²) in [6.07, 6.45) is 2.04. The third-order valence-electron chi connectivity index (χ3n) is 8.51. The second kappa shape index (κ2) is 18.8. The number of carbonyl (C=O) groups is 1. The molecule has 14 nitrogen and oxygen atoms in total. The summed E-state index contributed by atoms with van der Waals surface area (Å²) in [6.45, 7) is 21.2. The zero-order chi connectivity index (χ0) is 41.5. The summed E-state index contributed by atoms with van der Waals surface area (Å²) in [7, 11) is -6.74. The highest BCUT2D eigenvalue weighted by Crippen LogP contribution is 2.50. The van der Waals surface area contributed by atoms with Crippen LogP contribution in [-0.4, -0.2) is 79.2 Å². The molecule has 0 saturated carbocycles. The number of hydrogen-bond acceptors (Lipinski definition) is 14. The number of ether oxygens (including phenoxy) is 3. The van der Waals surface area contributed by atoms with Gasteiger partial charge in [0.1, 0.15) is 23.8 Å². The first kappa shape index (κ1) is 44.2. The minimum atomic E-state index is -3.85. The lowest BCUT2D eigenvalue weighted by atomic mass is 10.1. The van der Waals surface area contributed by atoms with Gasteiger partial charge in [-0.2, -0.15) is 0 Å². The predicted octanol–water partition coefficient (Wildman–Crippen LogP) is 10.3. The first-order chi connectivity index (χ1) is 26.8. The van der Waals surface area contributed by atoms with Gasteiger partial charge in [0.15, 0.2) is 17.4 Å². The number of aromatic nitrogens is 5. The van der Waals surface area contributed by atoms with E-state index in [4.69, 9.17) is 32.8 Å². The summed E-state index contributed by atoms with van der Waals surface area (Å²) in [4.78, 5) is 35.1. The topological polar surface area (TPSA) is 166 Å². The average Bonchev–Trinajstić information content (AvgIpc) is 3.52. The molecule has 0 unspecified atom stereocenters. The van der Waals surface area contributed by atoms with Gasteiger partial charge in [0.05, 0.1) is 65.3 Å². The van der Waals surface area contributed by atoms with Crippen LogP contribution in [0.2, 0.25) is 51.4 Å². The number of aryl methyl sites for hydroxylation is 1. The first-order valence-electron chi connectivity index (χ1n) is 18.8. The summed E-state index contributed by atoms with van der Waals surface area (Å²) in [5.74, 6) is 0.0463. The molecule has 1 N–H and O–H groups in total. The van der Waals surface area contributed by atoms with E-state index in [1.54, 1.807) is 26.1 Å². The number of fused-ring (bicyclic) bond motifs is 2. The van der Waals surface area contributed by atoms with Crippen molar-refractivity contribution in [3.8, 4) is 22.2 Å². The van der Waals surface area contributed by atoms with Crippen LogP contribution in [0, 0.1) is 12.7 Å². The highest BCUT2D eigenvalue weighted by molar-refractivity contribution is 7.48. The Morgan fingerprint density at radius 1 is 0.877 bits per heavy atom. The molecule has 0 aliphatic rings. The lowest BCUT2D eigenvalue weighted by Crippen LogP contribution is -2.32. The molecule has 0 fully saturated rings. The van der Waals surface area contributed by atoms with Crippen molar-refractivity contribution in [1.82, 2.24) is 24.9 Å².